The molecule has 3 heterocycles. The topological polar surface area (TPSA) is 97.2 Å². The number of nitrogens with one attached hydrogen (secondary N) is 1. The van der Waals surface area contributed by atoms with Crippen LogP contribution in [0.3, 0.4) is 0 Å². The lowest BCUT2D eigenvalue weighted by Gasteiger charge is -2.30. The molecular weight excluding hydrogens is 402 g/mol. The quantitative estimate of drug-likeness (QED) is 0.798. The summed E-state index contributed by atoms with van der Waals surface area (Å²) >= 11 is 0. The summed E-state index contributed by atoms with van der Waals surface area (Å²) in [6.07, 6.45) is 7.85. The van der Waals surface area contributed by atoms with Crippen molar-refractivity contribution in [3.8, 4) is 0 Å². The Morgan fingerprint density at radius 1 is 1.20 bits per heavy atom. The highest BCUT2D eigenvalue weighted by atomic mass is 32.2. The lowest BCUT2D eigenvalue weighted by Crippen LogP contribution is -2.42. The first kappa shape index (κ1) is 19.9. The van der Waals surface area contributed by atoms with Gasteiger partial charge in [-0.1, -0.05) is 6.92 Å². The van der Waals surface area contributed by atoms with Gasteiger partial charge in [0.15, 0.2) is 0 Å². The van der Waals surface area contributed by atoms with E-state index in [1.54, 1.807) is 6.20 Å². The van der Waals surface area contributed by atoms with Gasteiger partial charge in [0.1, 0.15) is 5.65 Å². The van der Waals surface area contributed by atoms with Crippen molar-refractivity contribution in [1.29, 1.82) is 0 Å². The maximum atomic E-state index is 13.1. The van der Waals surface area contributed by atoms with E-state index in [0.717, 1.165) is 23.3 Å². The van der Waals surface area contributed by atoms with Crippen LogP contribution in [0.5, 0.6) is 0 Å². The van der Waals surface area contributed by atoms with E-state index in [9.17, 15) is 13.2 Å². The molecule has 9 heteroatoms. The van der Waals surface area contributed by atoms with Gasteiger partial charge in [-0.2, -0.15) is 4.98 Å². The van der Waals surface area contributed by atoms with Crippen LogP contribution in [0.2, 0.25) is 0 Å². The predicted octanol–water partition coefficient (Wildman–Crippen LogP) is 2.30. The number of aromatic nitrogens is 3. The number of piperidine rings is 1. The Morgan fingerprint density at radius 2 is 1.93 bits per heavy atom. The standard InChI is InChI=1S/C21H29N5O3S/c1-13-10-14-12-22-20(23-16-6-8-25(9-7-16)30(3,28)29)24-18(14)26(19(13)27)17-5-4-15-11-21(15,17)2/h10,12,15-17H,4-9,11H2,1-3H3,(H,22,23,24). The molecule has 1 aliphatic heterocycles. The van der Waals surface area contributed by atoms with Crippen molar-refractivity contribution in [3.05, 3.63) is 28.2 Å². The number of hydrogen-bond acceptors (Lipinski definition) is 6. The fourth-order valence-corrected chi connectivity index (χ4v) is 6.43. The van der Waals surface area contributed by atoms with Gasteiger partial charge in [-0.15, -0.1) is 0 Å². The highest BCUT2D eigenvalue weighted by molar-refractivity contribution is 7.88. The minimum absolute atomic E-state index is 0.0485. The Balaban J connectivity index is 1.45. The number of anilines is 1. The number of aryl methyl sites for hydroxylation is 1. The zero-order valence-corrected chi connectivity index (χ0v) is 18.6. The molecule has 30 heavy (non-hydrogen) atoms. The Hall–Kier alpha value is -2.00. The number of pyridine rings is 1. The van der Waals surface area contributed by atoms with Gasteiger partial charge >= 0.3 is 0 Å². The monoisotopic (exact) mass is 431 g/mol. The normalized spacial score (nSPS) is 29.8. The van der Waals surface area contributed by atoms with E-state index in [4.69, 9.17) is 4.98 Å². The molecule has 0 radical (unpaired) electrons. The molecule has 162 valence electrons. The molecule has 0 spiro atoms. The first-order valence-electron chi connectivity index (χ1n) is 10.8. The van der Waals surface area contributed by atoms with Crippen LogP contribution in [0.15, 0.2) is 17.1 Å². The van der Waals surface area contributed by atoms with Crippen molar-refractivity contribution in [2.45, 2.75) is 58.0 Å². The first-order valence-corrected chi connectivity index (χ1v) is 12.6. The van der Waals surface area contributed by atoms with Crippen LogP contribution in [0.25, 0.3) is 11.0 Å². The lowest BCUT2D eigenvalue weighted by atomic mass is 9.99. The summed E-state index contributed by atoms with van der Waals surface area (Å²) in [5.74, 6) is 1.23. The average Bonchev–Trinajstić information content (AvgIpc) is 3.25. The summed E-state index contributed by atoms with van der Waals surface area (Å²) in [7, 11) is -3.15. The number of rotatable bonds is 4. The zero-order valence-electron chi connectivity index (χ0n) is 17.8. The summed E-state index contributed by atoms with van der Waals surface area (Å²) in [5.41, 5.74) is 1.69. The van der Waals surface area contributed by atoms with Crippen LogP contribution < -0.4 is 10.9 Å². The molecule has 2 saturated carbocycles. The number of fused-ring (bicyclic) bond motifs is 2. The van der Waals surface area contributed by atoms with E-state index in [1.807, 2.05) is 17.6 Å². The fraction of sp³-hybridized carbons (Fsp3) is 0.667. The number of sulfonamides is 1. The first-order chi connectivity index (χ1) is 14.2. The van der Waals surface area contributed by atoms with E-state index in [-0.39, 0.29) is 23.1 Å². The van der Waals surface area contributed by atoms with Gasteiger partial charge in [-0.25, -0.2) is 17.7 Å². The summed E-state index contributed by atoms with van der Waals surface area (Å²) < 4.78 is 26.9. The van der Waals surface area contributed by atoms with E-state index >= 15 is 0 Å². The van der Waals surface area contributed by atoms with Gasteiger partial charge in [0.25, 0.3) is 5.56 Å². The smallest absolute Gasteiger partial charge is 0.255 e. The van der Waals surface area contributed by atoms with Crippen LogP contribution in [0, 0.1) is 18.3 Å². The summed E-state index contributed by atoms with van der Waals surface area (Å²) in [5, 5.41) is 4.26. The Labute approximate surface area is 176 Å². The van der Waals surface area contributed by atoms with Crippen LogP contribution in [-0.2, 0) is 10.0 Å². The van der Waals surface area contributed by atoms with Gasteiger partial charge in [0.2, 0.25) is 16.0 Å². The SMILES string of the molecule is Cc1cc2cnc(NC3CCN(S(C)(=O)=O)CC3)nc2n(C2CCC3CC32C)c1=O. The lowest BCUT2D eigenvalue weighted by molar-refractivity contribution is 0.331. The second kappa shape index (κ2) is 6.75. The van der Waals surface area contributed by atoms with Crippen molar-refractivity contribution >= 4 is 27.0 Å². The summed E-state index contributed by atoms with van der Waals surface area (Å²) in [6, 6.07) is 2.19. The number of nitrogens with zero attached hydrogens (tertiary/aromatic N) is 4. The van der Waals surface area contributed by atoms with E-state index in [0.29, 0.717) is 37.5 Å². The third-order valence-corrected chi connectivity index (χ3v) is 8.83. The minimum Gasteiger partial charge on any atom is -0.351 e. The maximum Gasteiger partial charge on any atom is 0.255 e. The molecule has 2 aliphatic carbocycles. The van der Waals surface area contributed by atoms with Gasteiger partial charge in [-0.05, 0) is 56.4 Å². The van der Waals surface area contributed by atoms with E-state index in [1.165, 1.54) is 23.4 Å². The molecule has 8 nitrogen and oxygen atoms in total. The van der Waals surface area contributed by atoms with Crippen molar-refractivity contribution in [3.63, 3.8) is 0 Å². The second-order valence-electron chi connectivity index (χ2n) is 9.56. The summed E-state index contributed by atoms with van der Waals surface area (Å²) in [6.45, 7) is 5.15. The molecule has 0 amide bonds. The number of hydrogen-bond donors (Lipinski definition) is 1. The van der Waals surface area contributed by atoms with Crippen LogP contribution >= 0.6 is 0 Å². The molecule has 0 bridgehead atoms. The third-order valence-electron chi connectivity index (χ3n) is 7.53. The average molecular weight is 432 g/mol. The van der Waals surface area contributed by atoms with Gasteiger partial charge < -0.3 is 5.32 Å². The minimum atomic E-state index is -3.15. The molecule has 5 rings (SSSR count). The molecule has 1 saturated heterocycles. The van der Waals surface area contributed by atoms with Gasteiger partial charge in [0.05, 0.1) is 6.26 Å². The largest absolute Gasteiger partial charge is 0.351 e. The summed E-state index contributed by atoms with van der Waals surface area (Å²) in [4.78, 5) is 22.4. The van der Waals surface area contributed by atoms with Crippen LogP contribution in [0.1, 0.15) is 50.6 Å². The molecular formula is C21H29N5O3S. The van der Waals surface area contributed by atoms with Crippen LogP contribution in [0.4, 0.5) is 5.95 Å². The van der Waals surface area contributed by atoms with Crippen LogP contribution in [-0.4, -0.2) is 52.6 Å². The van der Waals surface area contributed by atoms with E-state index < -0.39 is 10.0 Å². The van der Waals surface area contributed by atoms with Gasteiger partial charge in [-0.3, -0.25) is 9.36 Å². The third kappa shape index (κ3) is 3.22. The highest BCUT2D eigenvalue weighted by Gasteiger charge is 2.60. The van der Waals surface area contributed by atoms with Crippen molar-refractivity contribution in [2.24, 2.45) is 11.3 Å². The predicted molar refractivity (Wildman–Crippen MR) is 116 cm³/mol. The molecule has 3 fully saturated rings. The van der Waals surface area contributed by atoms with Gasteiger partial charge in [0, 0.05) is 42.3 Å². The van der Waals surface area contributed by atoms with Crippen molar-refractivity contribution < 1.29 is 8.42 Å². The van der Waals surface area contributed by atoms with Crippen molar-refractivity contribution in [2.75, 3.05) is 24.7 Å². The molecule has 3 aliphatic rings. The molecule has 3 unspecified atom stereocenters. The molecule has 3 atom stereocenters. The Kier molecular flexibility index (Phi) is 4.49. The Morgan fingerprint density at radius 3 is 2.53 bits per heavy atom. The molecule has 0 aromatic carbocycles. The van der Waals surface area contributed by atoms with Crippen molar-refractivity contribution in [1.82, 2.24) is 18.8 Å². The molecule has 2 aromatic rings. The zero-order chi connectivity index (χ0) is 21.3. The second-order valence-corrected chi connectivity index (χ2v) is 11.5. The maximum absolute atomic E-state index is 13.1. The highest BCUT2D eigenvalue weighted by Crippen LogP contribution is 2.68. The fourth-order valence-electron chi connectivity index (χ4n) is 5.56. The molecule has 1 N–H and O–H groups in total. The molecule has 2 aromatic heterocycles. The Bertz CT molecular complexity index is 1170. The van der Waals surface area contributed by atoms with E-state index in [2.05, 4.69) is 17.2 Å².